The van der Waals surface area contributed by atoms with Gasteiger partial charge in [0.2, 0.25) is 0 Å². The van der Waals surface area contributed by atoms with Crippen molar-refractivity contribution in [1.82, 2.24) is 0 Å². The summed E-state index contributed by atoms with van der Waals surface area (Å²) in [5.74, 6) is 1.28. The summed E-state index contributed by atoms with van der Waals surface area (Å²) in [5.41, 5.74) is 6.66. The second-order valence-corrected chi connectivity index (χ2v) is 6.10. The van der Waals surface area contributed by atoms with Crippen LogP contribution in [-0.2, 0) is 0 Å². The molecule has 1 aliphatic rings. The molecule has 0 aliphatic heterocycles. The van der Waals surface area contributed by atoms with E-state index in [1.165, 1.54) is 6.42 Å². The molecule has 2 N–H and O–H groups in total. The quantitative estimate of drug-likeness (QED) is 0.875. The van der Waals surface area contributed by atoms with Crippen LogP contribution < -0.4 is 5.73 Å². The lowest BCUT2D eigenvalue weighted by Gasteiger charge is -2.34. The molecule has 17 heavy (non-hydrogen) atoms. The minimum atomic E-state index is -0.0919. The molecule has 1 fully saturated rings. The van der Waals surface area contributed by atoms with E-state index in [1.807, 2.05) is 6.07 Å². The van der Waals surface area contributed by atoms with Crippen LogP contribution in [0.1, 0.15) is 37.7 Å². The fourth-order valence-electron chi connectivity index (χ4n) is 2.91. The van der Waals surface area contributed by atoms with E-state index < -0.39 is 0 Å². The molecule has 0 heterocycles. The van der Waals surface area contributed by atoms with E-state index in [0.717, 1.165) is 22.9 Å². The lowest BCUT2D eigenvalue weighted by atomic mass is 9.71. The third-order valence-corrected chi connectivity index (χ3v) is 4.41. The summed E-state index contributed by atoms with van der Waals surface area (Å²) in [4.78, 5) is 0. The first kappa shape index (κ1) is 13.0. The molecule has 94 valence electrons. The van der Waals surface area contributed by atoms with Gasteiger partial charge < -0.3 is 5.73 Å². The number of halogens is 2. The SMILES string of the molecule is CC1CCC(CN)C(c2cc(Br)ccc2F)C1. The predicted molar refractivity (Wildman–Crippen MR) is 72.4 cm³/mol. The zero-order chi connectivity index (χ0) is 12.4. The molecule has 1 saturated carbocycles. The molecular weight excluding hydrogens is 281 g/mol. The van der Waals surface area contributed by atoms with Gasteiger partial charge in [-0.05, 0) is 60.9 Å². The number of hydrogen-bond donors (Lipinski definition) is 1. The molecule has 3 unspecified atom stereocenters. The minimum absolute atomic E-state index is 0.0919. The third kappa shape index (κ3) is 2.89. The molecule has 1 nitrogen and oxygen atoms in total. The van der Waals surface area contributed by atoms with Gasteiger partial charge >= 0.3 is 0 Å². The Kier molecular flexibility index (Phi) is 4.21. The van der Waals surface area contributed by atoms with Gasteiger partial charge in [-0.3, -0.25) is 0 Å². The van der Waals surface area contributed by atoms with E-state index in [9.17, 15) is 4.39 Å². The highest BCUT2D eigenvalue weighted by Gasteiger charge is 2.30. The van der Waals surface area contributed by atoms with Gasteiger partial charge in [0.15, 0.2) is 0 Å². The second-order valence-electron chi connectivity index (χ2n) is 5.19. The van der Waals surface area contributed by atoms with Crippen LogP contribution in [0.5, 0.6) is 0 Å². The molecule has 0 bridgehead atoms. The number of rotatable bonds is 2. The minimum Gasteiger partial charge on any atom is -0.330 e. The normalized spacial score (nSPS) is 29.3. The summed E-state index contributed by atoms with van der Waals surface area (Å²) in [5, 5.41) is 0. The van der Waals surface area contributed by atoms with Gasteiger partial charge in [-0.25, -0.2) is 4.39 Å². The Labute approximate surface area is 111 Å². The highest BCUT2D eigenvalue weighted by atomic mass is 79.9. The van der Waals surface area contributed by atoms with Crippen LogP contribution >= 0.6 is 15.9 Å². The fraction of sp³-hybridized carbons (Fsp3) is 0.571. The summed E-state index contributed by atoms with van der Waals surface area (Å²) in [6, 6.07) is 5.22. The average Bonchev–Trinajstić information content (AvgIpc) is 2.32. The van der Waals surface area contributed by atoms with Gasteiger partial charge in [0, 0.05) is 4.47 Å². The first-order chi connectivity index (χ1) is 8.11. The average molecular weight is 300 g/mol. The third-order valence-electron chi connectivity index (χ3n) is 3.92. The van der Waals surface area contributed by atoms with Crippen molar-refractivity contribution in [3.8, 4) is 0 Å². The van der Waals surface area contributed by atoms with E-state index in [2.05, 4.69) is 22.9 Å². The van der Waals surface area contributed by atoms with Crippen LogP contribution in [-0.4, -0.2) is 6.54 Å². The van der Waals surface area contributed by atoms with E-state index >= 15 is 0 Å². The predicted octanol–water partition coefficient (Wildman–Crippen LogP) is 4.07. The van der Waals surface area contributed by atoms with Gasteiger partial charge in [0.05, 0.1) is 0 Å². The lowest BCUT2D eigenvalue weighted by Crippen LogP contribution is -2.28. The van der Waals surface area contributed by atoms with Gasteiger partial charge in [-0.1, -0.05) is 29.3 Å². The van der Waals surface area contributed by atoms with Crippen LogP contribution in [0.4, 0.5) is 4.39 Å². The summed E-state index contributed by atoms with van der Waals surface area (Å²) in [6.07, 6.45) is 3.39. The van der Waals surface area contributed by atoms with Gasteiger partial charge in [-0.2, -0.15) is 0 Å². The molecule has 1 aromatic rings. The molecule has 3 atom stereocenters. The highest BCUT2D eigenvalue weighted by Crippen LogP contribution is 2.41. The maximum absolute atomic E-state index is 13.9. The van der Waals surface area contributed by atoms with Crippen molar-refractivity contribution in [2.75, 3.05) is 6.54 Å². The van der Waals surface area contributed by atoms with Gasteiger partial charge in [-0.15, -0.1) is 0 Å². The molecule has 0 saturated heterocycles. The van der Waals surface area contributed by atoms with Gasteiger partial charge in [0.1, 0.15) is 5.82 Å². The van der Waals surface area contributed by atoms with Crippen LogP contribution in [0, 0.1) is 17.7 Å². The highest BCUT2D eigenvalue weighted by molar-refractivity contribution is 9.10. The van der Waals surface area contributed by atoms with Crippen molar-refractivity contribution < 1.29 is 4.39 Å². The number of benzene rings is 1. The Morgan fingerprint density at radius 2 is 2.18 bits per heavy atom. The number of nitrogens with two attached hydrogens (primary N) is 1. The maximum atomic E-state index is 13.9. The van der Waals surface area contributed by atoms with Gasteiger partial charge in [0.25, 0.3) is 0 Å². The zero-order valence-electron chi connectivity index (χ0n) is 10.1. The van der Waals surface area contributed by atoms with Crippen molar-refractivity contribution in [3.05, 3.63) is 34.1 Å². The van der Waals surface area contributed by atoms with Crippen LogP contribution in [0.2, 0.25) is 0 Å². The van der Waals surface area contributed by atoms with E-state index in [-0.39, 0.29) is 11.7 Å². The monoisotopic (exact) mass is 299 g/mol. The molecule has 0 amide bonds. The Morgan fingerprint density at radius 1 is 1.41 bits per heavy atom. The Bertz CT molecular complexity index is 394. The van der Waals surface area contributed by atoms with E-state index in [1.54, 1.807) is 12.1 Å². The van der Waals surface area contributed by atoms with Crippen molar-refractivity contribution in [2.24, 2.45) is 17.6 Å². The molecule has 1 aromatic carbocycles. The fourth-order valence-corrected chi connectivity index (χ4v) is 3.28. The first-order valence-electron chi connectivity index (χ1n) is 6.26. The van der Waals surface area contributed by atoms with Crippen LogP contribution in [0.25, 0.3) is 0 Å². The molecule has 0 radical (unpaired) electrons. The molecule has 0 aromatic heterocycles. The molecule has 0 spiro atoms. The van der Waals surface area contributed by atoms with Crippen molar-refractivity contribution in [2.45, 2.75) is 32.1 Å². The maximum Gasteiger partial charge on any atom is 0.126 e. The van der Waals surface area contributed by atoms with Crippen LogP contribution in [0.15, 0.2) is 22.7 Å². The van der Waals surface area contributed by atoms with Crippen LogP contribution in [0.3, 0.4) is 0 Å². The summed E-state index contributed by atoms with van der Waals surface area (Å²) >= 11 is 3.42. The largest absolute Gasteiger partial charge is 0.330 e. The topological polar surface area (TPSA) is 26.0 Å². The molecule has 2 rings (SSSR count). The van der Waals surface area contributed by atoms with E-state index in [0.29, 0.717) is 18.4 Å². The van der Waals surface area contributed by atoms with E-state index in [4.69, 9.17) is 5.73 Å². The molecule has 3 heteroatoms. The number of hydrogen-bond acceptors (Lipinski definition) is 1. The molecule has 1 aliphatic carbocycles. The zero-order valence-corrected chi connectivity index (χ0v) is 11.7. The smallest absolute Gasteiger partial charge is 0.126 e. The summed E-state index contributed by atoms with van der Waals surface area (Å²) in [6.45, 7) is 2.90. The summed E-state index contributed by atoms with van der Waals surface area (Å²) in [7, 11) is 0. The van der Waals surface area contributed by atoms with Crippen molar-refractivity contribution in [3.63, 3.8) is 0 Å². The van der Waals surface area contributed by atoms with Crippen molar-refractivity contribution >= 4 is 15.9 Å². The second kappa shape index (κ2) is 5.49. The lowest BCUT2D eigenvalue weighted by molar-refractivity contribution is 0.249. The Morgan fingerprint density at radius 3 is 2.88 bits per heavy atom. The molecular formula is C14H19BrFN. The first-order valence-corrected chi connectivity index (χ1v) is 7.06. The Balaban J connectivity index is 2.31. The van der Waals surface area contributed by atoms with Crippen molar-refractivity contribution in [1.29, 1.82) is 0 Å². The Hall–Kier alpha value is -0.410. The standard InChI is InChI=1S/C14H19BrFN/c1-9-2-3-10(8-17)12(6-9)13-7-11(15)4-5-14(13)16/h4-5,7,9-10,12H,2-3,6,8,17H2,1H3. The summed E-state index contributed by atoms with van der Waals surface area (Å²) < 4.78 is 14.9.